The summed E-state index contributed by atoms with van der Waals surface area (Å²) in [5, 5.41) is 6.00. The average Bonchev–Trinajstić information content (AvgIpc) is 3.05. The fourth-order valence-corrected chi connectivity index (χ4v) is 4.21. The molecule has 0 radical (unpaired) electrons. The molecule has 1 aromatic rings. The number of likely N-dealkylation sites (tertiary alicyclic amines) is 1. The van der Waals surface area contributed by atoms with E-state index < -0.39 is 0 Å². The molecule has 1 N–H and O–H groups in total. The number of rotatable bonds is 1. The molecule has 0 aliphatic carbocycles. The molecule has 2 fully saturated rings. The lowest BCUT2D eigenvalue weighted by molar-refractivity contribution is 0.0780. The Balaban J connectivity index is 1.76. The first kappa shape index (κ1) is 12.5. The van der Waals surface area contributed by atoms with E-state index in [9.17, 15) is 4.79 Å². The zero-order chi connectivity index (χ0) is 12.8. The zero-order valence-corrected chi connectivity index (χ0v) is 12.0. The molecule has 0 bridgehead atoms. The highest BCUT2D eigenvalue weighted by Crippen LogP contribution is 2.38. The fraction of sp³-hybridized carbons (Fsp3) is 0.615. The molecule has 3 heterocycles. The number of amides is 1. The predicted molar refractivity (Wildman–Crippen MR) is 74.5 cm³/mol. The first-order chi connectivity index (χ1) is 8.61. The van der Waals surface area contributed by atoms with Gasteiger partial charge in [-0.2, -0.15) is 0 Å². The molecule has 0 aromatic carbocycles. The third-order valence-electron chi connectivity index (χ3n) is 4.15. The van der Waals surface area contributed by atoms with Crippen LogP contribution in [0.5, 0.6) is 0 Å². The lowest BCUT2D eigenvalue weighted by Crippen LogP contribution is -2.33. The van der Waals surface area contributed by atoms with Gasteiger partial charge in [0.2, 0.25) is 0 Å². The van der Waals surface area contributed by atoms with Gasteiger partial charge in [0.15, 0.2) is 0 Å². The van der Waals surface area contributed by atoms with Gasteiger partial charge in [-0.05, 0) is 37.3 Å². The second kappa shape index (κ2) is 4.51. The summed E-state index contributed by atoms with van der Waals surface area (Å²) in [4.78, 5) is 15.1. The number of hydrogen-bond donors (Lipinski definition) is 1. The Morgan fingerprint density at radius 3 is 3.00 bits per heavy atom. The number of carbonyl (C=O) groups is 1. The van der Waals surface area contributed by atoms with Crippen LogP contribution in [-0.2, 0) is 0 Å². The van der Waals surface area contributed by atoms with Gasteiger partial charge >= 0.3 is 0 Å². The van der Waals surface area contributed by atoms with E-state index in [2.05, 4.69) is 5.32 Å². The zero-order valence-electron chi connectivity index (χ0n) is 10.5. The van der Waals surface area contributed by atoms with E-state index in [0.29, 0.717) is 15.3 Å². The maximum absolute atomic E-state index is 12.5. The number of carbonyl (C=O) groups excluding carboxylic acids is 1. The van der Waals surface area contributed by atoms with Crippen molar-refractivity contribution in [1.29, 1.82) is 0 Å². The quantitative estimate of drug-likeness (QED) is 0.859. The van der Waals surface area contributed by atoms with Crippen molar-refractivity contribution in [3.63, 3.8) is 0 Å². The normalized spacial score (nSPS) is 27.3. The number of halogens is 1. The Hall–Kier alpha value is -0.580. The number of nitrogens with one attached hydrogen (secondary N) is 1. The first-order valence-electron chi connectivity index (χ1n) is 6.35. The number of hydrogen-bond acceptors (Lipinski definition) is 3. The smallest absolute Gasteiger partial charge is 0.265 e. The van der Waals surface area contributed by atoms with Gasteiger partial charge in [-0.1, -0.05) is 11.6 Å². The van der Waals surface area contributed by atoms with Crippen molar-refractivity contribution in [3.8, 4) is 0 Å². The highest BCUT2D eigenvalue weighted by molar-refractivity contribution is 7.13. The molecule has 1 unspecified atom stereocenters. The van der Waals surface area contributed by atoms with E-state index in [0.717, 1.165) is 38.2 Å². The molecule has 0 saturated carbocycles. The van der Waals surface area contributed by atoms with E-state index >= 15 is 0 Å². The van der Waals surface area contributed by atoms with Gasteiger partial charge in [0.25, 0.3) is 5.91 Å². The number of aryl methyl sites for hydroxylation is 1. The molecule has 2 aliphatic rings. The van der Waals surface area contributed by atoms with Gasteiger partial charge in [0.1, 0.15) is 4.88 Å². The van der Waals surface area contributed by atoms with Crippen molar-refractivity contribution < 1.29 is 4.79 Å². The van der Waals surface area contributed by atoms with Crippen molar-refractivity contribution in [3.05, 3.63) is 20.8 Å². The molecule has 1 amide bonds. The largest absolute Gasteiger partial charge is 0.337 e. The lowest BCUT2D eigenvalue weighted by atomic mass is 9.87. The summed E-state index contributed by atoms with van der Waals surface area (Å²) in [6.07, 6.45) is 2.31. The number of thiophene rings is 1. The van der Waals surface area contributed by atoms with Gasteiger partial charge in [0.05, 0.1) is 5.02 Å². The van der Waals surface area contributed by atoms with Crippen LogP contribution >= 0.6 is 22.9 Å². The summed E-state index contributed by atoms with van der Waals surface area (Å²) in [6.45, 7) is 5.83. The molecular formula is C13H17ClN2OS. The SMILES string of the molecule is Cc1csc(C(=O)N2CCC3(CCNC3)C2)c1Cl. The van der Waals surface area contributed by atoms with Crippen LogP contribution in [0.3, 0.4) is 0 Å². The van der Waals surface area contributed by atoms with Crippen LogP contribution in [0.1, 0.15) is 28.1 Å². The Morgan fingerprint density at radius 1 is 1.56 bits per heavy atom. The Morgan fingerprint density at radius 2 is 2.39 bits per heavy atom. The molecule has 1 atom stereocenters. The maximum Gasteiger partial charge on any atom is 0.265 e. The summed E-state index contributed by atoms with van der Waals surface area (Å²) in [5.41, 5.74) is 1.33. The minimum atomic E-state index is 0.113. The van der Waals surface area contributed by atoms with Crippen LogP contribution in [-0.4, -0.2) is 37.0 Å². The highest BCUT2D eigenvalue weighted by Gasteiger charge is 2.42. The van der Waals surface area contributed by atoms with Crippen LogP contribution < -0.4 is 5.32 Å². The summed E-state index contributed by atoms with van der Waals surface area (Å²) in [7, 11) is 0. The minimum Gasteiger partial charge on any atom is -0.337 e. The summed E-state index contributed by atoms with van der Waals surface area (Å²) in [5.74, 6) is 0.113. The molecule has 18 heavy (non-hydrogen) atoms. The predicted octanol–water partition coefficient (Wildman–Crippen LogP) is 2.54. The molecule has 5 heteroatoms. The third kappa shape index (κ3) is 1.96. The van der Waals surface area contributed by atoms with Crippen LogP contribution in [0.25, 0.3) is 0 Å². The van der Waals surface area contributed by atoms with Crippen molar-refractivity contribution in [2.24, 2.45) is 5.41 Å². The van der Waals surface area contributed by atoms with E-state index in [-0.39, 0.29) is 5.91 Å². The van der Waals surface area contributed by atoms with Crippen molar-refractivity contribution in [2.45, 2.75) is 19.8 Å². The van der Waals surface area contributed by atoms with Gasteiger partial charge in [-0.15, -0.1) is 11.3 Å². The van der Waals surface area contributed by atoms with Gasteiger partial charge in [0, 0.05) is 25.0 Å². The lowest BCUT2D eigenvalue weighted by Gasteiger charge is -2.22. The molecule has 98 valence electrons. The van der Waals surface area contributed by atoms with E-state index in [4.69, 9.17) is 11.6 Å². The number of nitrogens with zero attached hydrogens (tertiary/aromatic N) is 1. The summed E-state index contributed by atoms with van der Waals surface area (Å²) >= 11 is 7.65. The van der Waals surface area contributed by atoms with Crippen LogP contribution in [0.4, 0.5) is 0 Å². The van der Waals surface area contributed by atoms with E-state index in [1.54, 1.807) is 0 Å². The molecular weight excluding hydrogens is 268 g/mol. The van der Waals surface area contributed by atoms with Gasteiger partial charge in [-0.25, -0.2) is 0 Å². The van der Waals surface area contributed by atoms with Crippen molar-refractivity contribution >= 4 is 28.8 Å². The first-order valence-corrected chi connectivity index (χ1v) is 7.61. The molecule has 3 rings (SSSR count). The van der Waals surface area contributed by atoms with Crippen molar-refractivity contribution in [2.75, 3.05) is 26.2 Å². The molecule has 1 aromatic heterocycles. The average molecular weight is 285 g/mol. The Bertz CT molecular complexity index is 479. The Kier molecular flexibility index (Phi) is 3.12. The van der Waals surface area contributed by atoms with Gasteiger partial charge < -0.3 is 10.2 Å². The fourth-order valence-electron chi connectivity index (χ4n) is 2.97. The Labute approximate surface area is 116 Å². The summed E-state index contributed by atoms with van der Waals surface area (Å²) < 4.78 is 0. The van der Waals surface area contributed by atoms with Gasteiger partial charge in [-0.3, -0.25) is 4.79 Å². The topological polar surface area (TPSA) is 32.3 Å². The standard InChI is InChI=1S/C13H17ClN2OS/c1-9-6-18-11(10(9)14)12(17)16-5-3-13(8-16)2-4-15-7-13/h6,15H,2-5,7-8H2,1H3. The maximum atomic E-state index is 12.5. The van der Waals surface area contributed by atoms with Crippen molar-refractivity contribution in [1.82, 2.24) is 10.2 Å². The second-order valence-corrected chi connectivity index (χ2v) is 6.72. The summed E-state index contributed by atoms with van der Waals surface area (Å²) in [6, 6.07) is 0. The highest BCUT2D eigenvalue weighted by atomic mass is 35.5. The molecule has 2 aliphatic heterocycles. The van der Waals surface area contributed by atoms with Crippen LogP contribution in [0, 0.1) is 12.3 Å². The second-order valence-electron chi connectivity index (χ2n) is 5.47. The van der Waals surface area contributed by atoms with E-state index in [1.807, 2.05) is 17.2 Å². The van der Waals surface area contributed by atoms with E-state index in [1.165, 1.54) is 17.8 Å². The van der Waals surface area contributed by atoms with Crippen LogP contribution in [0.15, 0.2) is 5.38 Å². The monoisotopic (exact) mass is 284 g/mol. The molecule has 1 spiro atoms. The third-order valence-corrected chi connectivity index (χ3v) is 5.84. The molecule has 3 nitrogen and oxygen atoms in total. The molecule has 2 saturated heterocycles. The van der Waals surface area contributed by atoms with Crippen LogP contribution in [0.2, 0.25) is 5.02 Å². The minimum absolute atomic E-state index is 0.113.